The molecular formula is C26H29N3O3. The number of aliphatic hydroxyl groups is 1. The highest BCUT2D eigenvalue weighted by molar-refractivity contribution is 6.01. The first-order chi connectivity index (χ1) is 15.6. The molecule has 2 heterocycles. The summed E-state index contributed by atoms with van der Waals surface area (Å²) in [6.07, 6.45) is 7.90. The Morgan fingerprint density at radius 3 is 2.66 bits per heavy atom. The summed E-state index contributed by atoms with van der Waals surface area (Å²) in [6.45, 7) is 1.12. The molecule has 32 heavy (non-hydrogen) atoms. The Balaban J connectivity index is 1.31. The van der Waals surface area contributed by atoms with Crippen LogP contribution in [0.25, 0.3) is 11.1 Å². The number of carbonyl (C=O) groups is 1. The van der Waals surface area contributed by atoms with Gasteiger partial charge in [0.05, 0.1) is 17.9 Å². The van der Waals surface area contributed by atoms with Crippen molar-refractivity contribution in [2.45, 2.75) is 57.4 Å². The molecule has 2 aliphatic rings. The van der Waals surface area contributed by atoms with Crippen molar-refractivity contribution in [1.82, 2.24) is 14.7 Å². The molecule has 1 fully saturated rings. The van der Waals surface area contributed by atoms with Crippen LogP contribution in [-0.4, -0.2) is 37.9 Å². The Hall–Kier alpha value is -3.12. The normalized spacial score (nSPS) is 20.8. The molecule has 6 nitrogen and oxygen atoms in total. The molecule has 0 spiro atoms. The first kappa shape index (κ1) is 20.8. The van der Waals surface area contributed by atoms with Crippen LogP contribution in [0.4, 0.5) is 0 Å². The van der Waals surface area contributed by atoms with E-state index in [2.05, 4.69) is 29.4 Å². The van der Waals surface area contributed by atoms with Crippen LogP contribution >= 0.6 is 0 Å². The fourth-order valence-corrected chi connectivity index (χ4v) is 4.76. The third-order valence-electron chi connectivity index (χ3n) is 6.54. The molecule has 1 amide bonds. The Bertz CT molecular complexity index is 1110. The van der Waals surface area contributed by atoms with Gasteiger partial charge in [-0.3, -0.25) is 9.48 Å². The van der Waals surface area contributed by atoms with Gasteiger partial charge in [-0.2, -0.15) is 5.10 Å². The van der Waals surface area contributed by atoms with Crippen LogP contribution in [0, 0.1) is 0 Å². The minimum Gasteiger partial charge on any atom is -0.487 e. The van der Waals surface area contributed by atoms with E-state index in [0.717, 1.165) is 54.4 Å². The van der Waals surface area contributed by atoms with Gasteiger partial charge in [-0.25, -0.2) is 0 Å². The van der Waals surface area contributed by atoms with Crippen LogP contribution in [-0.2, 0) is 20.1 Å². The molecule has 1 saturated carbocycles. The molecule has 1 aromatic heterocycles. The van der Waals surface area contributed by atoms with E-state index < -0.39 is 6.10 Å². The van der Waals surface area contributed by atoms with Crippen molar-refractivity contribution >= 4 is 5.91 Å². The number of rotatable bonds is 5. The van der Waals surface area contributed by atoms with E-state index in [0.29, 0.717) is 24.4 Å². The van der Waals surface area contributed by atoms with E-state index in [9.17, 15) is 9.90 Å². The van der Waals surface area contributed by atoms with E-state index in [1.54, 1.807) is 4.68 Å². The number of aryl methyl sites for hydroxylation is 1. The number of nitrogens with zero attached hydrogens (tertiary/aromatic N) is 3. The predicted octanol–water partition coefficient (Wildman–Crippen LogP) is 4.32. The molecule has 1 aliphatic carbocycles. The molecule has 1 aliphatic heterocycles. The number of hydrogen-bond acceptors (Lipinski definition) is 4. The standard InChI is InChI=1S/C26H29N3O3/c1-28-16-21(14-27-28)19-12-10-18(11-13-19)15-29-17-20-6-5-9-24(25(20)26(29)31)32-23-8-4-2-3-7-22(23)30/h5-6,9-14,16,22-23,30H,2-4,7-8,15,17H2,1H3/t22-,23-/m0/s1. The Kier molecular flexibility index (Phi) is 5.70. The zero-order valence-electron chi connectivity index (χ0n) is 18.4. The Morgan fingerprint density at radius 2 is 1.88 bits per heavy atom. The quantitative estimate of drug-likeness (QED) is 0.611. The van der Waals surface area contributed by atoms with Gasteiger partial charge in [-0.15, -0.1) is 0 Å². The summed E-state index contributed by atoms with van der Waals surface area (Å²) in [4.78, 5) is 15.1. The van der Waals surface area contributed by atoms with Crippen molar-refractivity contribution in [3.63, 3.8) is 0 Å². The maximum atomic E-state index is 13.3. The van der Waals surface area contributed by atoms with Gasteiger partial charge in [0, 0.05) is 31.9 Å². The highest BCUT2D eigenvalue weighted by atomic mass is 16.5. The van der Waals surface area contributed by atoms with Crippen molar-refractivity contribution in [1.29, 1.82) is 0 Å². The lowest BCUT2D eigenvalue weighted by molar-refractivity contribution is 0.0311. The summed E-state index contributed by atoms with van der Waals surface area (Å²) >= 11 is 0. The average molecular weight is 432 g/mol. The van der Waals surface area contributed by atoms with Crippen LogP contribution in [0.3, 0.4) is 0 Å². The lowest BCUT2D eigenvalue weighted by atomic mass is 10.1. The molecule has 6 heteroatoms. The lowest BCUT2D eigenvalue weighted by Gasteiger charge is -2.23. The summed E-state index contributed by atoms with van der Waals surface area (Å²) in [7, 11) is 1.91. The molecule has 2 atom stereocenters. The first-order valence-electron chi connectivity index (χ1n) is 11.4. The van der Waals surface area contributed by atoms with Gasteiger partial charge in [-0.1, -0.05) is 49.2 Å². The largest absolute Gasteiger partial charge is 0.487 e. The second-order valence-corrected chi connectivity index (χ2v) is 8.91. The third-order valence-corrected chi connectivity index (χ3v) is 6.54. The van der Waals surface area contributed by atoms with Crippen molar-refractivity contribution in [2.24, 2.45) is 7.05 Å². The smallest absolute Gasteiger partial charge is 0.258 e. The molecule has 166 valence electrons. The van der Waals surface area contributed by atoms with Crippen molar-refractivity contribution in [3.8, 4) is 16.9 Å². The highest BCUT2D eigenvalue weighted by Gasteiger charge is 2.32. The predicted molar refractivity (Wildman–Crippen MR) is 122 cm³/mol. The topological polar surface area (TPSA) is 67.6 Å². The monoisotopic (exact) mass is 431 g/mol. The zero-order valence-corrected chi connectivity index (χ0v) is 18.4. The van der Waals surface area contributed by atoms with Gasteiger partial charge in [0.1, 0.15) is 11.9 Å². The highest BCUT2D eigenvalue weighted by Crippen LogP contribution is 2.34. The van der Waals surface area contributed by atoms with Crippen LogP contribution in [0.2, 0.25) is 0 Å². The lowest BCUT2D eigenvalue weighted by Crippen LogP contribution is -2.31. The first-order valence-corrected chi connectivity index (χ1v) is 11.4. The van der Waals surface area contributed by atoms with Gasteiger partial charge in [-0.05, 0) is 42.0 Å². The molecule has 0 saturated heterocycles. The van der Waals surface area contributed by atoms with Crippen LogP contribution in [0.1, 0.15) is 53.6 Å². The fraction of sp³-hybridized carbons (Fsp3) is 0.385. The molecule has 2 aromatic carbocycles. The zero-order chi connectivity index (χ0) is 22.1. The van der Waals surface area contributed by atoms with Crippen molar-refractivity contribution < 1.29 is 14.6 Å². The number of ether oxygens (including phenoxy) is 1. The van der Waals surface area contributed by atoms with Gasteiger partial charge < -0.3 is 14.7 Å². The van der Waals surface area contributed by atoms with E-state index in [1.165, 1.54) is 0 Å². The number of aromatic nitrogens is 2. The number of fused-ring (bicyclic) bond motifs is 1. The maximum absolute atomic E-state index is 13.3. The van der Waals surface area contributed by atoms with E-state index >= 15 is 0 Å². The summed E-state index contributed by atoms with van der Waals surface area (Å²) in [6, 6.07) is 14.1. The Morgan fingerprint density at radius 1 is 1.06 bits per heavy atom. The van der Waals surface area contributed by atoms with E-state index in [-0.39, 0.29) is 12.0 Å². The van der Waals surface area contributed by atoms with E-state index in [1.807, 2.05) is 42.5 Å². The molecule has 3 aromatic rings. The average Bonchev–Trinajstić information content (AvgIpc) is 3.30. The van der Waals surface area contributed by atoms with Crippen LogP contribution in [0.5, 0.6) is 5.75 Å². The third kappa shape index (κ3) is 4.15. The number of amides is 1. The SMILES string of the molecule is Cn1cc(-c2ccc(CN3Cc4cccc(O[C@H]5CCCCC[C@@H]5O)c4C3=O)cc2)cn1. The van der Waals surface area contributed by atoms with Gasteiger partial charge in [0.2, 0.25) is 0 Å². The maximum Gasteiger partial charge on any atom is 0.258 e. The van der Waals surface area contributed by atoms with Gasteiger partial charge in [0.25, 0.3) is 5.91 Å². The minimum atomic E-state index is -0.473. The number of hydrogen-bond donors (Lipinski definition) is 1. The van der Waals surface area contributed by atoms with Crippen LogP contribution < -0.4 is 4.74 Å². The minimum absolute atomic E-state index is 0.00459. The van der Waals surface area contributed by atoms with Crippen molar-refractivity contribution in [3.05, 3.63) is 71.5 Å². The number of benzene rings is 2. The number of carbonyl (C=O) groups excluding carboxylic acids is 1. The number of aliphatic hydroxyl groups excluding tert-OH is 1. The molecule has 0 bridgehead atoms. The summed E-state index contributed by atoms with van der Waals surface area (Å²) in [5, 5.41) is 14.7. The molecule has 0 radical (unpaired) electrons. The summed E-state index contributed by atoms with van der Waals surface area (Å²) in [5.41, 5.74) is 4.90. The second kappa shape index (κ2) is 8.79. The Labute approximate surface area is 188 Å². The fourth-order valence-electron chi connectivity index (χ4n) is 4.76. The van der Waals surface area contributed by atoms with Crippen molar-refractivity contribution in [2.75, 3.05) is 0 Å². The molecule has 5 rings (SSSR count). The second-order valence-electron chi connectivity index (χ2n) is 8.91. The molecular weight excluding hydrogens is 402 g/mol. The summed E-state index contributed by atoms with van der Waals surface area (Å²) in [5.74, 6) is 0.600. The molecule has 1 N–H and O–H groups in total. The van der Waals surface area contributed by atoms with E-state index in [4.69, 9.17) is 4.74 Å². The summed E-state index contributed by atoms with van der Waals surface area (Å²) < 4.78 is 8.01. The van der Waals surface area contributed by atoms with Crippen LogP contribution in [0.15, 0.2) is 54.9 Å². The van der Waals surface area contributed by atoms with Gasteiger partial charge >= 0.3 is 0 Å². The molecule has 0 unspecified atom stereocenters. The van der Waals surface area contributed by atoms with Gasteiger partial charge in [0.15, 0.2) is 0 Å².